The minimum absolute atomic E-state index is 0.212. The van der Waals surface area contributed by atoms with Gasteiger partial charge in [-0.2, -0.15) is 0 Å². The number of hydrogen-bond donors (Lipinski definition) is 0. The van der Waals surface area contributed by atoms with Gasteiger partial charge in [-0.3, -0.25) is 0 Å². The van der Waals surface area contributed by atoms with Gasteiger partial charge in [-0.05, 0) is 25.7 Å². The number of unbranched alkanes of at least 4 members (excludes halogenated alkanes) is 6. The number of carbonyl (C=O) groups excluding carboxylic acids is 1. The molecular formula is C17H30O2. The molecule has 2 nitrogen and oxygen atoms in total. The quantitative estimate of drug-likeness (QED) is 0.210. The predicted octanol–water partition coefficient (Wildman–Crippen LogP) is 5.19. The van der Waals surface area contributed by atoms with Crippen LogP contribution in [0.25, 0.3) is 0 Å². The Labute approximate surface area is 118 Å². The molecule has 0 radical (unpaired) electrons. The summed E-state index contributed by atoms with van der Waals surface area (Å²) in [5, 5.41) is 0. The molecule has 0 aromatic carbocycles. The second-order valence-corrected chi connectivity index (χ2v) is 4.79. The fourth-order valence-electron chi connectivity index (χ4n) is 1.78. The van der Waals surface area contributed by atoms with Gasteiger partial charge in [0.25, 0.3) is 0 Å². The van der Waals surface area contributed by atoms with E-state index >= 15 is 0 Å². The molecule has 0 fully saturated rings. The van der Waals surface area contributed by atoms with Crippen LogP contribution < -0.4 is 0 Å². The lowest BCUT2D eigenvalue weighted by atomic mass is 10.1. The van der Waals surface area contributed by atoms with E-state index in [0.717, 1.165) is 19.3 Å². The minimum Gasteiger partial charge on any atom is -0.462 e. The average molecular weight is 266 g/mol. The Morgan fingerprint density at radius 1 is 0.895 bits per heavy atom. The standard InChI is InChI=1S/C17H30O2/c1-3-5-7-9-10-11-12-13-15-17(18)19-16-14-8-6-4-2/h6,8,13,15H,3-5,7,9-12,14,16H2,1-2H3/b8-6+,15-13+. The van der Waals surface area contributed by atoms with Crippen LogP contribution >= 0.6 is 0 Å². The maximum absolute atomic E-state index is 11.3. The van der Waals surface area contributed by atoms with Crippen LogP contribution in [-0.4, -0.2) is 12.6 Å². The summed E-state index contributed by atoms with van der Waals surface area (Å²) in [5.74, 6) is -0.212. The second kappa shape index (κ2) is 15.0. The van der Waals surface area contributed by atoms with Crippen molar-refractivity contribution in [2.75, 3.05) is 6.61 Å². The van der Waals surface area contributed by atoms with E-state index in [1.54, 1.807) is 6.08 Å². The molecular weight excluding hydrogens is 236 g/mol. The summed E-state index contributed by atoms with van der Waals surface area (Å²) >= 11 is 0. The van der Waals surface area contributed by atoms with Crippen molar-refractivity contribution in [1.29, 1.82) is 0 Å². The molecule has 0 aliphatic carbocycles. The number of rotatable bonds is 12. The SMILES string of the molecule is CC/C=C/CCOC(=O)/C=C/CCCCCCCC. The topological polar surface area (TPSA) is 26.3 Å². The molecule has 0 atom stereocenters. The van der Waals surface area contributed by atoms with Crippen molar-refractivity contribution in [3.63, 3.8) is 0 Å². The number of carbonyl (C=O) groups is 1. The zero-order valence-electron chi connectivity index (χ0n) is 12.7. The first-order chi connectivity index (χ1) is 9.31. The van der Waals surface area contributed by atoms with Gasteiger partial charge >= 0.3 is 5.97 Å². The van der Waals surface area contributed by atoms with E-state index in [-0.39, 0.29) is 5.97 Å². The highest BCUT2D eigenvalue weighted by Gasteiger charge is 1.94. The molecule has 19 heavy (non-hydrogen) atoms. The summed E-state index contributed by atoms with van der Waals surface area (Å²) in [7, 11) is 0. The summed E-state index contributed by atoms with van der Waals surface area (Å²) in [6.07, 6.45) is 18.2. The van der Waals surface area contributed by atoms with Gasteiger partial charge in [0, 0.05) is 6.08 Å². The number of allylic oxidation sites excluding steroid dienone is 2. The summed E-state index contributed by atoms with van der Waals surface area (Å²) in [6, 6.07) is 0. The molecule has 0 bridgehead atoms. The summed E-state index contributed by atoms with van der Waals surface area (Å²) in [4.78, 5) is 11.3. The molecule has 0 aliphatic rings. The van der Waals surface area contributed by atoms with Gasteiger partial charge in [0.05, 0.1) is 6.61 Å². The number of hydrogen-bond acceptors (Lipinski definition) is 2. The summed E-state index contributed by atoms with van der Waals surface area (Å²) < 4.78 is 5.07. The van der Waals surface area contributed by atoms with Gasteiger partial charge in [-0.1, -0.05) is 64.2 Å². The van der Waals surface area contributed by atoms with E-state index in [2.05, 4.69) is 19.9 Å². The van der Waals surface area contributed by atoms with Gasteiger partial charge in [0.2, 0.25) is 0 Å². The fraction of sp³-hybridized carbons (Fsp3) is 0.706. The van der Waals surface area contributed by atoms with Gasteiger partial charge in [-0.15, -0.1) is 0 Å². The third kappa shape index (κ3) is 14.9. The highest BCUT2D eigenvalue weighted by molar-refractivity contribution is 5.81. The van der Waals surface area contributed by atoms with E-state index in [9.17, 15) is 4.79 Å². The molecule has 2 heteroatoms. The van der Waals surface area contributed by atoms with Crippen LogP contribution in [0.4, 0.5) is 0 Å². The van der Waals surface area contributed by atoms with Gasteiger partial charge in [0.15, 0.2) is 0 Å². The molecule has 0 rings (SSSR count). The molecule has 0 aromatic heterocycles. The third-order valence-electron chi connectivity index (χ3n) is 2.91. The average Bonchev–Trinajstić information content (AvgIpc) is 2.41. The highest BCUT2D eigenvalue weighted by Crippen LogP contribution is 2.07. The Morgan fingerprint density at radius 2 is 1.63 bits per heavy atom. The van der Waals surface area contributed by atoms with Crippen molar-refractivity contribution >= 4 is 5.97 Å². The monoisotopic (exact) mass is 266 g/mol. The van der Waals surface area contributed by atoms with Crippen LogP contribution in [0.1, 0.15) is 71.6 Å². The van der Waals surface area contributed by atoms with Crippen molar-refractivity contribution in [2.24, 2.45) is 0 Å². The van der Waals surface area contributed by atoms with E-state index in [1.165, 1.54) is 38.5 Å². The van der Waals surface area contributed by atoms with Gasteiger partial charge in [0.1, 0.15) is 0 Å². The van der Waals surface area contributed by atoms with E-state index in [1.807, 2.05) is 12.2 Å². The maximum atomic E-state index is 11.3. The van der Waals surface area contributed by atoms with Crippen LogP contribution in [0, 0.1) is 0 Å². The molecule has 0 amide bonds. The number of esters is 1. The lowest BCUT2D eigenvalue weighted by molar-refractivity contribution is -0.137. The Kier molecular flexibility index (Phi) is 14.2. The Morgan fingerprint density at radius 3 is 2.37 bits per heavy atom. The minimum atomic E-state index is -0.212. The summed E-state index contributed by atoms with van der Waals surface area (Å²) in [5.41, 5.74) is 0. The van der Waals surface area contributed by atoms with Gasteiger partial charge < -0.3 is 4.74 Å². The molecule has 110 valence electrons. The van der Waals surface area contributed by atoms with Crippen molar-refractivity contribution in [2.45, 2.75) is 71.6 Å². The predicted molar refractivity (Wildman–Crippen MR) is 82.1 cm³/mol. The smallest absolute Gasteiger partial charge is 0.330 e. The van der Waals surface area contributed by atoms with Crippen LogP contribution in [0.15, 0.2) is 24.3 Å². The van der Waals surface area contributed by atoms with Crippen LogP contribution in [0.2, 0.25) is 0 Å². The molecule has 0 saturated heterocycles. The van der Waals surface area contributed by atoms with Crippen molar-refractivity contribution < 1.29 is 9.53 Å². The van der Waals surface area contributed by atoms with E-state index in [4.69, 9.17) is 4.74 Å². The largest absolute Gasteiger partial charge is 0.462 e. The Balaban J connectivity index is 3.34. The fourth-order valence-corrected chi connectivity index (χ4v) is 1.78. The molecule has 0 heterocycles. The molecule has 0 spiro atoms. The zero-order valence-corrected chi connectivity index (χ0v) is 12.7. The van der Waals surface area contributed by atoms with Crippen LogP contribution in [-0.2, 0) is 9.53 Å². The molecule has 0 N–H and O–H groups in total. The Bertz CT molecular complexity index is 254. The first kappa shape index (κ1) is 17.9. The third-order valence-corrected chi connectivity index (χ3v) is 2.91. The van der Waals surface area contributed by atoms with Crippen molar-refractivity contribution in [1.82, 2.24) is 0 Å². The molecule has 0 unspecified atom stereocenters. The normalized spacial score (nSPS) is 11.5. The molecule has 0 aromatic rings. The van der Waals surface area contributed by atoms with Gasteiger partial charge in [-0.25, -0.2) is 4.79 Å². The Hall–Kier alpha value is -1.05. The van der Waals surface area contributed by atoms with E-state index in [0.29, 0.717) is 6.61 Å². The lowest BCUT2D eigenvalue weighted by Gasteiger charge is -1.99. The summed E-state index contributed by atoms with van der Waals surface area (Å²) in [6.45, 7) is 4.80. The van der Waals surface area contributed by atoms with E-state index < -0.39 is 0 Å². The molecule has 0 saturated carbocycles. The first-order valence-electron chi connectivity index (χ1n) is 7.79. The first-order valence-corrected chi connectivity index (χ1v) is 7.79. The van der Waals surface area contributed by atoms with Crippen LogP contribution in [0.5, 0.6) is 0 Å². The second-order valence-electron chi connectivity index (χ2n) is 4.79. The molecule has 0 aliphatic heterocycles. The highest BCUT2D eigenvalue weighted by atomic mass is 16.5. The van der Waals surface area contributed by atoms with Crippen LogP contribution in [0.3, 0.4) is 0 Å². The van der Waals surface area contributed by atoms with Crippen molar-refractivity contribution in [3.05, 3.63) is 24.3 Å². The maximum Gasteiger partial charge on any atom is 0.330 e. The lowest BCUT2D eigenvalue weighted by Crippen LogP contribution is -2.01. The zero-order chi connectivity index (χ0) is 14.2. The number of ether oxygens (including phenoxy) is 1. The van der Waals surface area contributed by atoms with Crippen molar-refractivity contribution in [3.8, 4) is 0 Å².